The van der Waals surface area contributed by atoms with Crippen LogP contribution in [0.4, 0.5) is 0 Å². The fourth-order valence-electron chi connectivity index (χ4n) is 4.55. The third kappa shape index (κ3) is 6.95. The lowest BCUT2D eigenvalue weighted by Crippen LogP contribution is -2.45. The van der Waals surface area contributed by atoms with Crippen molar-refractivity contribution in [1.82, 2.24) is 4.90 Å². The maximum atomic E-state index is 13.5. The zero-order valence-corrected chi connectivity index (χ0v) is 20.8. The van der Waals surface area contributed by atoms with Gasteiger partial charge in [0.1, 0.15) is 24.0 Å². The summed E-state index contributed by atoms with van der Waals surface area (Å²) in [6.45, 7) is 6.99. The Morgan fingerprint density at radius 2 is 1.86 bits per heavy atom. The Kier molecular flexibility index (Phi) is 7.91. The predicted molar refractivity (Wildman–Crippen MR) is 134 cm³/mol. The summed E-state index contributed by atoms with van der Waals surface area (Å²) >= 11 is 0. The first kappa shape index (κ1) is 25.0. The molecule has 2 heterocycles. The van der Waals surface area contributed by atoms with Crippen molar-refractivity contribution < 1.29 is 23.8 Å². The van der Waals surface area contributed by atoms with Crippen LogP contribution in [0.25, 0.3) is 0 Å². The van der Waals surface area contributed by atoms with Crippen LogP contribution in [0.2, 0.25) is 0 Å². The second kappa shape index (κ2) is 11.1. The molecular formula is C29H35NO5. The summed E-state index contributed by atoms with van der Waals surface area (Å²) in [6.07, 6.45) is 5.91. The van der Waals surface area contributed by atoms with Crippen molar-refractivity contribution in [2.75, 3.05) is 13.2 Å². The van der Waals surface area contributed by atoms with Crippen LogP contribution in [0.3, 0.4) is 0 Å². The maximum absolute atomic E-state index is 13.5. The highest BCUT2D eigenvalue weighted by Gasteiger charge is 2.35. The van der Waals surface area contributed by atoms with E-state index in [4.69, 9.17) is 14.2 Å². The number of hydrogen-bond donors (Lipinski definition) is 0. The third-order valence-electron chi connectivity index (χ3n) is 6.22. The van der Waals surface area contributed by atoms with Crippen LogP contribution in [-0.4, -0.2) is 47.6 Å². The number of nitrogens with zero attached hydrogens (tertiary/aromatic N) is 1. The average Bonchev–Trinajstić information content (AvgIpc) is 3.36. The fourth-order valence-corrected chi connectivity index (χ4v) is 4.55. The van der Waals surface area contributed by atoms with Gasteiger partial charge in [0.15, 0.2) is 5.78 Å². The molecule has 4 rings (SSSR count). The van der Waals surface area contributed by atoms with E-state index in [2.05, 4.69) is 0 Å². The quantitative estimate of drug-likeness (QED) is 0.497. The molecule has 6 heteroatoms. The molecule has 1 saturated heterocycles. The number of rotatable bonds is 8. The van der Waals surface area contributed by atoms with Crippen LogP contribution in [0.5, 0.6) is 5.75 Å². The molecule has 0 amide bonds. The standard InChI is InChI=1S/C29H35NO5/c1-29(2,3)35-24-13-11-21(12-14-24)18-27(28(32)34-20-25-10-7-17-33-25)30-16-15-23(31)19-26(30)22-8-5-4-6-9-22/h4-6,8-9,11-16,25-27H,7,10,17-20H2,1-3H3. The Bertz CT molecular complexity index is 1020. The van der Waals surface area contributed by atoms with E-state index >= 15 is 0 Å². The second-order valence-electron chi connectivity index (χ2n) is 10.2. The van der Waals surface area contributed by atoms with Crippen LogP contribution in [-0.2, 0) is 25.5 Å². The van der Waals surface area contributed by atoms with Gasteiger partial charge in [-0.25, -0.2) is 4.79 Å². The van der Waals surface area contributed by atoms with Crippen LogP contribution in [0.1, 0.15) is 57.2 Å². The van der Waals surface area contributed by atoms with Gasteiger partial charge >= 0.3 is 5.97 Å². The van der Waals surface area contributed by atoms with Crippen molar-refractivity contribution in [3.05, 3.63) is 78.0 Å². The minimum atomic E-state index is -0.583. The van der Waals surface area contributed by atoms with E-state index < -0.39 is 6.04 Å². The van der Waals surface area contributed by atoms with Gasteiger partial charge in [-0.1, -0.05) is 42.5 Å². The number of carbonyl (C=O) groups excluding carboxylic acids is 2. The molecule has 2 aromatic rings. The Labute approximate surface area is 207 Å². The van der Waals surface area contributed by atoms with E-state index in [1.54, 1.807) is 12.3 Å². The summed E-state index contributed by atoms with van der Waals surface area (Å²) in [5.41, 5.74) is 1.70. The molecular weight excluding hydrogens is 442 g/mol. The highest BCUT2D eigenvalue weighted by Crippen LogP contribution is 2.32. The molecule has 0 spiro atoms. The van der Waals surface area contributed by atoms with Crippen LogP contribution < -0.4 is 4.74 Å². The fraction of sp³-hybridized carbons (Fsp3) is 0.448. The summed E-state index contributed by atoms with van der Waals surface area (Å²) in [5, 5.41) is 0. The molecule has 0 aliphatic carbocycles. The molecule has 0 radical (unpaired) electrons. The van der Waals surface area contributed by atoms with Gasteiger partial charge in [0.05, 0.1) is 12.1 Å². The molecule has 0 aromatic heterocycles. The van der Waals surface area contributed by atoms with Crippen molar-refractivity contribution in [2.45, 2.75) is 70.2 Å². The van der Waals surface area contributed by atoms with Gasteiger partial charge in [0, 0.05) is 25.6 Å². The number of carbonyl (C=O) groups is 2. The second-order valence-corrected chi connectivity index (χ2v) is 10.2. The average molecular weight is 478 g/mol. The van der Waals surface area contributed by atoms with E-state index in [1.165, 1.54) is 0 Å². The Morgan fingerprint density at radius 3 is 2.51 bits per heavy atom. The number of benzene rings is 2. The first-order valence-electron chi connectivity index (χ1n) is 12.4. The molecule has 0 saturated carbocycles. The molecule has 1 fully saturated rings. The van der Waals surface area contributed by atoms with Gasteiger partial charge < -0.3 is 19.1 Å². The maximum Gasteiger partial charge on any atom is 0.329 e. The van der Waals surface area contributed by atoms with Crippen LogP contribution in [0.15, 0.2) is 66.9 Å². The SMILES string of the molecule is CC(C)(C)Oc1ccc(CC(C(=O)OCC2CCCO2)N2C=CC(=O)CC2c2ccccc2)cc1. The highest BCUT2D eigenvalue weighted by atomic mass is 16.6. The topological polar surface area (TPSA) is 65.1 Å². The van der Waals surface area contributed by atoms with Crippen molar-refractivity contribution in [3.63, 3.8) is 0 Å². The zero-order chi connectivity index (χ0) is 24.8. The highest BCUT2D eigenvalue weighted by molar-refractivity contribution is 5.91. The molecule has 0 bridgehead atoms. The molecule has 3 atom stereocenters. The van der Waals surface area contributed by atoms with Crippen molar-refractivity contribution >= 4 is 11.8 Å². The van der Waals surface area contributed by atoms with E-state index in [0.717, 1.165) is 29.7 Å². The monoisotopic (exact) mass is 477 g/mol. The van der Waals surface area contributed by atoms with E-state index in [9.17, 15) is 9.59 Å². The first-order chi connectivity index (χ1) is 16.8. The normalized spacial score (nSPS) is 21.1. The minimum Gasteiger partial charge on any atom is -0.488 e. The lowest BCUT2D eigenvalue weighted by molar-refractivity contribution is -0.153. The van der Waals surface area contributed by atoms with E-state index in [0.29, 0.717) is 19.4 Å². The summed E-state index contributed by atoms with van der Waals surface area (Å²) in [5.74, 6) is 0.519. The molecule has 35 heavy (non-hydrogen) atoms. The molecule has 0 N–H and O–H groups in total. The summed E-state index contributed by atoms with van der Waals surface area (Å²) in [6, 6.07) is 16.9. The molecule has 3 unspecified atom stereocenters. The Morgan fingerprint density at radius 1 is 1.11 bits per heavy atom. The van der Waals surface area contributed by atoms with E-state index in [1.807, 2.05) is 80.3 Å². The zero-order valence-electron chi connectivity index (χ0n) is 20.8. The summed E-state index contributed by atoms with van der Waals surface area (Å²) in [4.78, 5) is 27.8. The van der Waals surface area contributed by atoms with Crippen LogP contribution >= 0.6 is 0 Å². The number of allylic oxidation sites excluding steroid dienone is 1. The van der Waals surface area contributed by atoms with Crippen LogP contribution in [0, 0.1) is 0 Å². The molecule has 2 aliphatic heterocycles. The number of esters is 1. The van der Waals surface area contributed by atoms with Gasteiger partial charge in [0.25, 0.3) is 0 Å². The lowest BCUT2D eigenvalue weighted by atomic mass is 9.93. The Hall–Kier alpha value is -3.12. The molecule has 6 nitrogen and oxygen atoms in total. The van der Waals surface area contributed by atoms with Gasteiger partial charge in [0.2, 0.25) is 0 Å². The lowest BCUT2D eigenvalue weighted by Gasteiger charge is -2.38. The summed E-state index contributed by atoms with van der Waals surface area (Å²) in [7, 11) is 0. The molecule has 186 valence electrons. The smallest absolute Gasteiger partial charge is 0.329 e. The van der Waals surface area contributed by atoms with Crippen molar-refractivity contribution in [2.24, 2.45) is 0 Å². The van der Waals surface area contributed by atoms with E-state index in [-0.39, 0.29) is 36.1 Å². The predicted octanol–water partition coefficient (Wildman–Crippen LogP) is 5.03. The number of ketones is 1. The van der Waals surface area contributed by atoms with Gasteiger partial charge in [-0.05, 0) is 62.9 Å². The largest absolute Gasteiger partial charge is 0.488 e. The third-order valence-corrected chi connectivity index (χ3v) is 6.22. The van der Waals surface area contributed by atoms with Gasteiger partial charge in [-0.3, -0.25) is 4.79 Å². The molecule has 2 aromatic carbocycles. The first-order valence-corrected chi connectivity index (χ1v) is 12.4. The Balaban J connectivity index is 1.58. The number of ether oxygens (including phenoxy) is 3. The minimum absolute atomic E-state index is 0.0446. The van der Waals surface area contributed by atoms with Gasteiger partial charge in [-0.2, -0.15) is 0 Å². The molecule has 2 aliphatic rings. The van der Waals surface area contributed by atoms with Crippen molar-refractivity contribution in [1.29, 1.82) is 0 Å². The number of hydrogen-bond acceptors (Lipinski definition) is 6. The summed E-state index contributed by atoms with van der Waals surface area (Å²) < 4.78 is 17.3. The van der Waals surface area contributed by atoms with Crippen molar-refractivity contribution in [3.8, 4) is 5.75 Å². The van der Waals surface area contributed by atoms with Gasteiger partial charge in [-0.15, -0.1) is 0 Å².